The number of carbonyl (C=O) groups excluding carboxylic acids is 1. The number of hydrogen-bond acceptors (Lipinski definition) is 7. The number of hydrogen-bond donors (Lipinski definition) is 1. The highest BCUT2D eigenvalue weighted by Gasteiger charge is 2.35. The van der Waals surface area contributed by atoms with Crippen LogP contribution >= 0.6 is 22.9 Å². The first-order valence-electron chi connectivity index (χ1n) is 12.9. The first kappa shape index (κ1) is 28.1. The number of allylic oxidation sites excluding steroid dienone is 1. The van der Waals surface area contributed by atoms with Crippen LogP contribution in [0.1, 0.15) is 35.2 Å². The van der Waals surface area contributed by atoms with Gasteiger partial charge in [0, 0.05) is 16.1 Å². The predicted octanol–water partition coefficient (Wildman–Crippen LogP) is 5.03. The van der Waals surface area contributed by atoms with Crippen molar-refractivity contribution in [2.24, 2.45) is 4.99 Å². The number of phenols is 1. The maximum atomic E-state index is 14.1. The highest BCUT2D eigenvalue weighted by Crippen LogP contribution is 2.36. The van der Waals surface area contributed by atoms with E-state index in [1.165, 1.54) is 23.0 Å². The van der Waals surface area contributed by atoms with E-state index < -0.39 is 12.0 Å². The summed E-state index contributed by atoms with van der Waals surface area (Å²) in [7, 11) is 1.47. The average molecular weight is 587 g/mol. The number of aromatic hydroxyl groups is 1. The molecule has 0 aliphatic carbocycles. The molecule has 9 heteroatoms. The number of ether oxygens (including phenoxy) is 2. The lowest BCUT2D eigenvalue weighted by atomic mass is 9.93. The maximum Gasteiger partial charge on any atom is 0.338 e. The van der Waals surface area contributed by atoms with Crippen LogP contribution in [-0.2, 0) is 16.0 Å². The molecule has 0 bridgehead atoms. The standard InChI is InChI=1S/C32H27ClN2O5S/c1-4-9-22-16-19(17-24(39-3)29(22)36)18-25-30(37)35-28(21-12-14-23(33)15-13-21)26(31(38)40-5-2)27(34-32(35)41-25)20-10-7-6-8-11-20/h4,6-8,10-18,28,36H,1,5,9H2,2-3H3/b25-18+/t28-/m0/s1. The number of nitrogens with zero attached hydrogens (tertiary/aromatic N) is 2. The van der Waals surface area contributed by atoms with Gasteiger partial charge in [-0.2, -0.15) is 0 Å². The lowest BCUT2D eigenvalue weighted by Gasteiger charge is -2.25. The Balaban J connectivity index is 1.81. The number of fused-ring (bicyclic) bond motifs is 1. The van der Waals surface area contributed by atoms with Crippen molar-refractivity contribution < 1.29 is 19.4 Å². The van der Waals surface area contributed by atoms with Gasteiger partial charge in [-0.05, 0) is 54.8 Å². The van der Waals surface area contributed by atoms with E-state index in [1.54, 1.807) is 55.5 Å². The minimum absolute atomic E-state index is 0.0281. The minimum atomic E-state index is -0.800. The summed E-state index contributed by atoms with van der Waals surface area (Å²) in [6.07, 6.45) is 3.83. The van der Waals surface area contributed by atoms with Gasteiger partial charge in [0.1, 0.15) is 0 Å². The molecule has 7 nitrogen and oxygen atoms in total. The summed E-state index contributed by atoms with van der Waals surface area (Å²) in [4.78, 5) is 32.9. The van der Waals surface area contributed by atoms with Gasteiger partial charge < -0.3 is 14.6 Å². The number of methoxy groups -OCH3 is 1. The van der Waals surface area contributed by atoms with E-state index in [9.17, 15) is 14.7 Å². The molecule has 5 rings (SSSR count). The van der Waals surface area contributed by atoms with E-state index in [1.807, 2.05) is 30.3 Å². The highest BCUT2D eigenvalue weighted by molar-refractivity contribution is 7.07. The lowest BCUT2D eigenvalue weighted by molar-refractivity contribution is -0.138. The molecular weight excluding hydrogens is 560 g/mol. The molecule has 3 aromatic carbocycles. The van der Waals surface area contributed by atoms with Crippen LogP contribution in [0.3, 0.4) is 0 Å². The summed E-state index contributed by atoms with van der Waals surface area (Å²) in [5.41, 5.74) is 3.08. The third kappa shape index (κ3) is 5.49. The molecule has 1 aliphatic heterocycles. The molecule has 0 saturated heterocycles. The van der Waals surface area contributed by atoms with Crippen LogP contribution in [0, 0.1) is 0 Å². The Kier molecular flexibility index (Phi) is 8.23. The Morgan fingerprint density at radius 3 is 2.56 bits per heavy atom. The zero-order valence-corrected chi connectivity index (χ0v) is 24.0. The Morgan fingerprint density at radius 1 is 1.17 bits per heavy atom. The minimum Gasteiger partial charge on any atom is -0.504 e. The van der Waals surface area contributed by atoms with Crippen molar-refractivity contribution in [3.05, 3.63) is 132 Å². The summed E-state index contributed by atoms with van der Waals surface area (Å²) in [5.74, 6) is -0.236. The van der Waals surface area contributed by atoms with E-state index in [2.05, 4.69) is 6.58 Å². The number of esters is 1. The Hall–Kier alpha value is -4.40. The van der Waals surface area contributed by atoms with Crippen LogP contribution in [0.15, 0.2) is 94.7 Å². The lowest BCUT2D eigenvalue weighted by Crippen LogP contribution is -2.40. The second-order valence-corrected chi connectivity index (χ2v) is 10.7. The molecular formula is C32H27ClN2O5S. The molecule has 0 saturated carbocycles. The Labute approximate surface area is 245 Å². The molecule has 0 spiro atoms. The zero-order valence-electron chi connectivity index (χ0n) is 22.5. The van der Waals surface area contributed by atoms with Crippen LogP contribution in [0.4, 0.5) is 0 Å². The van der Waals surface area contributed by atoms with Crippen molar-refractivity contribution in [3.8, 4) is 11.5 Å². The van der Waals surface area contributed by atoms with E-state index in [0.717, 1.165) is 5.56 Å². The van der Waals surface area contributed by atoms with Crippen molar-refractivity contribution in [1.82, 2.24) is 4.57 Å². The van der Waals surface area contributed by atoms with Gasteiger partial charge in [-0.15, -0.1) is 6.58 Å². The summed E-state index contributed by atoms with van der Waals surface area (Å²) in [6.45, 7) is 5.66. The van der Waals surface area contributed by atoms with Crippen LogP contribution < -0.4 is 19.6 Å². The molecule has 1 N–H and O–H groups in total. The topological polar surface area (TPSA) is 90.1 Å². The molecule has 41 heavy (non-hydrogen) atoms. The second kappa shape index (κ2) is 12.0. The first-order chi connectivity index (χ1) is 19.9. The van der Waals surface area contributed by atoms with Crippen molar-refractivity contribution in [3.63, 3.8) is 0 Å². The SMILES string of the molecule is C=CCc1cc(/C=c2/sc3n(c2=O)[C@@H](c2ccc(Cl)cc2)C(C(=O)OCC)=C(c2ccccc2)N=3)cc(OC)c1O. The second-order valence-electron chi connectivity index (χ2n) is 9.21. The monoisotopic (exact) mass is 586 g/mol. The van der Waals surface area contributed by atoms with E-state index in [-0.39, 0.29) is 23.5 Å². The first-order valence-corrected chi connectivity index (χ1v) is 14.1. The van der Waals surface area contributed by atoms with Gasteiger partial charge in [0.25, 0.3) is 5.56 Å². The van der Waals surface area contributed by atoms with E-state index >= 15 is 0 Å². The van der Waals surface area contributed by atoms with Crippen molar-refractivity contribution in [2.75, 3.05) is 13.7 Å². The third-order valence-electron chi connectivity index (χ3n) is 6.62. The smallest absolute Gasteiger partial charge is 0.338 e. The fourth-order valence-electron chi connectivity index (χ4n) is 4.79. The number of benzene rings is 3. The summed E-state index contributed by atoms with van der Waals surface area (Å²) < 4.78 is 12.8. The Morgan fingerprint density at radius 2 is 1.90 bits per heavy atom. The quantitative estimate of drug-likeness (QED) is 0.231. The molecule has 0 amide bonds. The van der Waals surface area contributed by atoms with E-state index in [0.29, 0.717) is 48.9 Å². The molecule has 2 heterocycles. The summed E-state index contributed by atoms with van der Waals surface area (Å²) >= 11 is 7.41. The third-order valence-corrected chi connectivity index (χ3v) is 7.85. The van der Waals surface area contributed by atoms with E-state index in [4.69, 9.17) is 26.1 Å². The van der Waals surface area contributed by atoms with Crippen LogP contribution in [0.2, 0.25) is 5.02 Å². The number of carbonyl (C=O) groups is 1. The fraction of sp³-hybridized carbons (Fsp3) is 0.156. The molecule has 0 unspecified atom stereocenters. The number of rotatable bonds is 8. The van der Waals surface area contributed by atoms with Gasteiger partial charge in [-0.1, -0.05) is 71.5 Å². The number of halogens is 1. The largest absolute Gasteiger partial charge is 0.504 e. The van der Waals surface area contributed by atoms with Gasteiger partial charge in [-0.25, -0.2) is 9.79 Å². The molecule has 4 aromatic rings. The van der Waals surface area contributed by atoms with Gasteiger partial charge >= 0.3 is 5.97 Å². The molecule has 0 fully saturated rings. The molecule has 0 radical (unpaired) electrons. The van der Waals surface area contributed by atoms with Crippen molar-refractivity contribution in [1.29, 1.82) is 0 Å². The van der Waals surface area contributed by atoms with Crippen molar-refractivity contribution >= 4 is 40.7 Å². The van der Waals surface area contributed by atoms with Crippen LogP contribution in [0.5, 0.6) is 11.5 Å². The average Bonchev–Trinajstić information content (AvgIpc) is 3.29. The number of thiazole rings is 1. The van der Waals surface area contributed by atoms with Crippen LogP contribution in [-0.4, -0.2) is 29.4 Å². The molecule has 1 atom stereocenters. The highest BCUT2D eigenvalue weighted by atomic mass is 35.5. The fourth-order valence-corrected chi connectivity index (χ4v) is 5.92. The molecule has 1 aliphatic rings. The van der Waals surface area contributed by atoms with Gasteiger partial charge in [-0.3, -0.25) is 9.36 Å². The van der Waals surface area contributed by atoms with Gasteiger partial charge in [0.15, 0.2) is 16.3 Å². The normalized spacial score (nSPS) is 14.8. The van der Waals surface area contributed by atoms with Gasteiger partial charge in [0.2, 0.25) is 0 Å². The van der Waals surface area contributed by atoms with Crippen molar-refractivity contribution in [2.45, 2.75) is 19.4 Å². The zero-order chi connectivity index (χ0) is 29.1. The van der Waals surface area contributed by atoms with Gasteiger partial charge in [0.05, 0.1) is 35.6 Å². The maximum absolute atomic E-state index is 14.1. The number of aromatic nitrogens is 1. The number of phenolic OH excluding ortho intramolecular Hbond substituents is 1. The summed E-state index contributed by atoms with van der Waals surface area (Å²) in [5, 5.41) is 11.0. The Bertz CT molecular complexity index is 1840. The predicted molar refractivity (Wildman–Crippen MR) is 161 cm³/mol. The molecule has 208 valence electrons. The molecule has 1 aromatic heterocycles. The summed E-state index contributed by atoms with van der Waals surface area (Å²) in [6, 6.07) is 19.0. The van der Waals surface area contributed by atoms with Crippen LogP contribution in [0.25, 0.3) is 11.8 Å².